The van der Waals surface area contributed by atoms with E-state index in [0.29, 0.717) is 35.4 Å². The molecule has 4 heterocycles. The van der Waals surface area contributed by atoms with Crippen molar-refractivity contribution in [1.29, 1.82) is 0 Å². The largest absolute Gasteiger partial charge is 0.496 e. The molecule has 0 atom stereocenters. The van der Waals surface area contributed by atoms with Gasteiger partial charge in [-0.2, -0.15) is 4.57 Å². The van der Waals surface area contributed by atoms with Crippen LogP contribution >= 0.6 is 0 Å². The standard InChI is InChI=1S/C23H20F2N3O3/c1-4-23(5-2)20(21-27-12-26-11-18(27)22(29)31-21)15-8-13(24)9-16(25)19(15)17-10-14(30-3)6-7-28(17)23/h6-12H,4-5H2,1-3H3/q+1. The summed E-state index contributed by atoms with van der Waals surface area (Å²) in [5, 5.41) is 0. The number of hydrogen-bond acceptors (Lipinski definition) is 4. The molecule has 0 saturated heterocycles. The monoisotopic (exact) mass is 424 g/mol. The van der Waals surface area contributed by atoms with Gasteiger partial charge in [-0.05, 0) is 6.07 Å². The fourth-order valence-electron chi connectivity index (χ4n) is 4.80. The molecule has 1 aromatic carbocycles. The minimum atomic E-state index is -0.726. The van der Waals surface area contributed by atoms with Crippen molar-refractivity contribution < 1.29 is 22.5 Å². The van der Waals surface area contributed by atoms with Crippen molar-refractivity contribution in [2.45, 2.75) is 32.2 Å². The normalized spacial score (nSPS) is 16.3. The third-order valence-corrected chi connectivity index (χ3v) is 6.31. The zero-order valence-corrected chi connectivity index (χ0v) is 17.3. The summed E-state index contributed by atoms with van der Waals surface area (Å²) >= 11 is 0. The zero-order chi connectivity index (χ0) is 21.9. The van der Waals surface area contributed by atoms with Crippen molar-refractivity contribution in [3.63, 3.8) is 0 Å². The summed E-state index contributed by atoms with van der Waals surface area (Å²) in [4.78, 5) is 16.5. The van der Waals surface area contributed by atoms with Crippen LogP contribution in [0.4, 0.5) is 8.78 Å². The molecule has 0 unspecified atom stereocenters. The molecule has 6 nitrogen and oxygen atoms in total. The highest BCUT2D eigenvalue weighted by Crippen LogP contribution is 2.44. The molecular formula is C23H20F2N3O3+. The van der Waals surface area contributed by atoms with Crippen LogP contribution in [0.3, 0.4) is 0 Å². The molecule has 0 bridgehead atoms. The number of ether oxygens (including phenoxy) is 1. The van der Waals surface area contributed by atoms with Crippen LogP contribution in [0, 0.1) is 11.6 Å². The molecule has 0 fully saturated rings. The second-order valence-electron chi connectivity index (χ2n) is 7.59. The van der Waals surface area contributed by atoms with Gasteiger partial charge in [-0.25, -0.2) is 18.6 Å². The van der Waals surface area contributed by atoms with E-state index in [-0.39, 0.29) is 16.6 Å². The van der Waals surface area contributed by atoms with Gasteiger partial charge in [0.05, 0.1) is 30.5 Å². The Hall–Kier alpha value is -3.55. The SMILES string of the molecule is CCC1(CC)C(=c2oc(=O)c3cncn23)c2cc(F)cc(F)c2-c2cc(OC)cc[n+]21. The average Bonchev–Trinajstić information content (AvgIpc) is 3.36. The molecular weight excluding hydrogens is 404 g/mol. The van der Waals surface area contributed by atoms with Gasteiger partial charge in [0.25, 0.3) is 0 Å². The summed E-state index contributed by atoms with van der Waals surface area (Å²) < 4.78 is 44.2. The van der Waals surface area contributed by atoms with Crippen molar-refractivity contribution in [2.24, 2.45) is 0 Å². The van der Waals surface area contributed by atoms with Gasteiger partial charge in [-0.1, -0.05) is 13.8 Å². The maximum Gasteiger partial charge on any atom is 0.363 e. The number of aromatic nitrogens is 3. The topological polar surface area (TPSA) is 60.6 Å². The summed E-state index contributed by atoms with van der Waals surface area (Å²) in [5.41, 5.74) is 0.896. The highest BCUT2D eigenvalue weighted by atomic mass is 19.1. The van der Waals surface area contributed by atoms with Crippen LogP contribution in [0.15, 0.2) is 52.2 Å². The Morgan fingerprint density at radius 1 is 1.23 bits per heavy atom. The summed E-state index contributed by atoms with van der Waals surface area (Å²) in [6.07, 6.45) is 5.90. The van der Waals surface area contributed by atoms with E-state index in [4.69, 9.17) is 9.15 Å². The molecule has 0 amide bonds. The molecule has 4 aromatic rings. The molecule has 0 aliphatic carbocycles. The minimum Gasteiger partial charge on any atom is -0.496 e. The van der Waals surface area contributed by atoms with E-state index >= 15 is 4.39 Å². The lowest BCUT2D eigenvalue weighted by molar-refractivity contribution is -0.741. The number of hydrogen-bond donors (Lipinski definition) is 0. The second-order valence-corrected chi connectivity index (χ2v) is 7.59. The predicted molar refractivity (Wildman–Crippen MR) is 109 cm³/mol. The van der Waals surface area contributed by atoms with Gasteiger partial charge in [-0.3, -0.25) is 4.40 Å². The summed E-state index contributed by atoms with van der Waals surface area (Å²) in [7, 11) is 1.54. The summed E-state index contributed by atoms with van der Waals surface area (Å²) in [5.74, 6) is -0.851. The Bertz CT molecular complexity index is 1450. The average molecular weight is 424 g/mol. The maximum atomic E-state index is 15.2. The third kappa shape index (κ3) is 2.50. The van der Waals surface area contributed by atoms with Crippen LogP contribution in [0.1, 0.15) is 32.3 Å². The number of halogens is 2. The van der Waals surface area contributed by atoms with Crippen LogP contribution in [-0.2, 0) is 5.54 Å². The Labute approximate surface area is 176 Å². The van der Waals surface area contributed by atoms with Gasteiger partial charge >= 0.3 is 5.63 Å². The molecule has 0 N–H and O–H groups in total. The van der Waals surface area contributed by atoms with E-state index in [1.807, 2.05) is 24.6 Å². The molecule has 8 heteroatoms. The van der Waals surface area contributed by atoms with E-state index < -0.39 is 22.8 Å². The van der Waals surface area contributed by atoms with Crippen LogP contribution in [0.2, 0.25) is 0 Å². The smallest absolute Gasteiger partial charge is 0.363 e. The van der Waals surface area contributed by atoms with Crippen LogP contribution in [0.25, 0.3) is 22.3 Å². The van der Waals surface area contributed by atoms with Gasteiger partial charge in [0.1, 0.15) is 23.7 Å². The van der Waals surface area contributed by atoms with Crippen molar-refractivity contribution in [1.82, 2.24) is 9.38 Å². The molecule has 0 saturated carbocycles. The van der Waals surface area contributed by atoms with Crippen LogP contribution in [0.5, 0.6) is 5.75 Å². The van der Waals surface area contributed by atoms with E-state index in [1.165, 1.54) is 25.7 Å². The third-order valence-electron chi connectivity index (χ3n) is 6.31. The summed E-state index contributed by atoms with van der Waals surface area (Å²) in [6, 6.07) is 5.69. The van der Waals surface area contributed by atoms with Crippen LogP contribution < -0.4 is 20.5 Å². The van der Waals surface area contributed by atoms with Gasteiger partial charge in [0.2, 0.25) is 11.2 Å². The van der Waals surface area contributed by atoms with Gasteiger partial charge < -0.3 is 9.15 Å². The number of nitrogens with zero attached hydrogens (tertiary/aromatic N) is 3. The Balaban J connectivity index is 2.07. The molecule has 1 aliphatic rings. The quantitative estimate of drug-likeness (QED) is 0.475. The van der Waals surface area contributed by atoms with E-state index in [1.54, 1.807) is 16.5 Å². The predicted octanol–water partition coefficient (Wildman–Crippen LogP) is 2.98. The Kier molecular flexibility index (Phi) is 4.22. The van der Waals surface area contributed by atoms with Crippen molar-refractivity contribution in [3.05, 3.63) is 76.2 Å². The number of imidazole rings is 1. The van der Waals surface area contributed by atoms with E-state index in [2.05, 4.69) is 4.98 Å². The number of benzene rings is 1. The summed E-state index contributed by atoms with van der Waals surface area (Å²) in [6.45, 7) is 3.99. The number of methoxy groups -OCH3 is 1. The number of fused-ring (bicyclic) bond motifs is 4. The van der Waals surface area contributed by atoms with Gasteiger partial charge in [-0.15, -0.1) is 0 Å². The molecule has 0 radical (unpaired) electrons. The molecule has 0 spiro atoms. The Morgan fingerprint density at radius 2 is 2.00 bits per heavy atom. The van der Waals surface area contributed by atoms with Crippen LogP contribution in [-0.4, -0.2) is 16.5 Å². The fourth-order valence-corrected chi connectivity index (χ4v) is 4.80. The number of pyridine rings is 1. The van der Waals surface area contributed by atoms with Crippen molar-refractivity contribution in [3.8, 4) is 17.0 Å². The zero-order valence-electron chi connectivity index (χ0n) is 17.3. The van der Waals surface area contributed by atoms with Crippen molar-refractivity contribution >= 4 is 11.1 Å². The van der Waals surface area contributed by atoms with Gasteiger partial charge in [0.15, 0.2) is 17.3 Å². The molecule has 5 rings (SSSR count). The number of oxazole rings is 1. The fraction of sp³-hybridized carbons (Fsp3) is 0.261. The molecule has 158 valence electrons. The van der Waals surface area contributed by atoms with Gasteiger partial charge in [0, 0.05) is 30.5 Å². The minimum absolute atomic E-state index is 0.224. The van der Waals surface area contributed by atoms with Crippen molar-refractivity contribution in [2.75, 3.05) is 7.11 Å². The molecule has 3 aromatic heterocycles. The number of rotatable bonds is 3. The lowest BCUT2D eigenvalue weighted by atomic mass is 9.75. The van der Waals surface area contributed by atoms with E-state index in [9.17, 15) is 9.18 Å². The highest BCUT2D eigenvalue weighted by molar-refractivity contribution is 5.83. The second kappa shape index (κ2) is 6.73. The maximum absolute atomic E-state index is 15.2. The molecule has 1 aliphatic heterocycles. The first-order chi connectivity index (χ1) is 14.9. The Morgan fingerprint density at radius 3 is 2.71 bits per heavy atom. The molecule has 31 heavy (non-hydrogen) atoms. The van der Waals surface area contributed by atoms with E-state index in [0.717, 1.165) is 6.07 Å². The first-order valence-corrected chi connectivity index (χ1v) is 10.0. The lowest BCUT2D eigenvalue weighted by Crippen LogP contribution is -2.61. The highest BCUT2D eigenvalue weighted by Gasteiger charge is 2.50. The lowest BCUT2D eigenvalue weighted by Gasteiger charge is -2.34. The first kappa shape index (κ1) is 19.4. The first-order valence-electron chi connectivity index (χ1n) is 10.0.